The van der Waals surface area contributed by atoms with Crippen molar-refractivity contribution < 1.29 is 14.2 Å². The third-order valence-corrected chi connectivity index (χ3v) is 7.33. The smallest absolute Gasteiger partial charge is 0.208 e. The molecule has 0 bridgehead atoms. The van der Waals surface area contributed by atoms with E-state index in [4.69, 9.17) is 20.8 Å². The molecule has 1 aromatic carbocycles. The van der Waals surface area contributed by atoms with E-state index < -0.39 is 0 Å². The van der Waals surface area contributed by atoms with Crippen LogP contribution in [0.3, 0.4) is 0 Å². The van der Waals surface area contributed by atoms with E-state index in [1.54, 1.807) is 0 Å². The molecular formula is C25H32N2O3. The van der Waals surface area contributed by atoms with Crippen molar-refractivity contribution in [1.82, 2.24) is 0 Å². The number of nitriles is 1. The zero-order chi connectivity index (χ0) is 20.9. The number of rotatable bonds is 7. The summed E-state index contributed by atoms with van der Waals surface area (Å²) in [5.41, 5.74) is 3.16. The molecular weight excluding hydrogens is 376 g/mol. The SMILES string of the molecule is [C-]#[N+]c1c(C2CCC(C3CCC(OCOCC4CO4)CC3)CC2)ccc(C)c1C#N. The largest absolute Gasteiger partial charge is 0.371 e. The summed E-state index contributed by atoms with van der Waals surface area (Å²) in [5, 5.41) is 9.46. The molecule has 1 aliphatic heterocycles. The summed E-state index contributed by atoms with van der Waals surface area (Å²) in [6.07, 6.45) is 10.2. The van der Waals surface area contributed by atoms with Gasteiger partial charge in [0.15, 0.2) is 0 Å². The molecule has 30 heavy (non-hydrogen) atoms. The molecule has 2 saturated carbocycles. The van der Waals surface area contributed by atoms with Crippen LogP contribution in [0.1, 0.15) is 74.0 Å². The summed E-state index contributed by atoms with van der Waals surface area (Å²) in [5.74, 6) is 2.02. The maximum absolute atomic E-state index is 9.46. The lowest BCUT2D eigenvalue weighted by atomic mass is 9.69. The molecule has 1 saturated heterocycles. The van der Waals surface area contributed by atoms with Gasteiger partial charge in [-0.25, -0.2) is 4.85 Å². The first kappa shape index (κ1) is 21.3. The summed E-state index contributed by atoms with van der Waals surface area (Å²) < 4.78 is 16.5. The highest BCUT2D eigenvalue weighted by atomic mass is 16.7. The average Bonchev–Trinajstić information content (AvgIpc) is 3.61. The minimum Gasteiger partial charge on any atom is -0.371 e. The second-order valence-electron chi connectivity index (χ2n) is 9.18. The fraction of sp³-hybridized carbons (Fsp3) is 0.680. The van der Waals surface area contributed by atoms with E-state index in [0.29, 0.717) is 42.8 Å². The summed E-state index contributed by atoms with van der Waals surface area (Å²) in [7, 11) is 0. The topological polar surface area (TPSA) is 59.1 Å². The molecule has 160 valence electrons. The molecule has 0 aromatic heterocycles. The van der Waals surface area contributed by atoms with E-state index in [1.165, 1.54) is 25.7 Å². The Bertz CT molecular complexity index is 805. The molecule has 1 unspecified atom stereocenters. The van der Waals surface area contributed by atoms with Gasteiger partial charge in [0, 0.05) is 0 Å². The van der Waals surface area contributed by atoms with E-state index >= 15 is 0 Å². The monoisotopic (exact) mass is 408 g/mol. The third kappa shape index (κ3) is 5.03. The predicted molar refractivity (Wildman–Crippen MR) is 114 cm³/mol. The molecule has 0 N–H and O–H groups in total. The first-order chi connectivity index (χ1) is 14.7. The van der Waals surface area contributed by atoms with Crippen molar-refractivity contribution in [3.63, 3.8) is 0 Å². The van der Waals surface area contributed by atoms with Crippen LogP contribution < -0.4 is 0 Å². The van der Waals surface area contributed by atoms with E-state index in [0.717, 1.165) is 55.3 Å². The summed E-state index contributed by atoms with van der Waals surface area (Å²) in [4.78, 5) is 3.73. The highest BCUT2D eigenvalue weighted by molar-refractivity contribution is 5.67. The Morgan fingerprint density at radius 1 is 1.10 bits per heavy atom. The Morgan fingerprint density at radius 3 is 2.37 bits per heavy atom. The van der Waals surface area contributed by atoms with E-state index in [2.05, 4.69) is 17.0 Å². The Kier molecular flexibility index (Phi) is 7.05. The van der Waals surface area contributed by atoms with Crippen LogP contribution in [0.4, 0.5) is 5.69 Å². The lowest BCUT2D eigenvalue weighted by Crippen LogP contribution is -2.29. The number of nitrogens with zero attached hydrogens (tertiary/aromatic N) is 2. The highest BCUT2D eigenvalue weighted by Gasteiger charge is 2.32. The normalized spacial score (nSPS) is 31.0. The Hall–Kier alpha value is -1.92. The number of ether oxygens (including phenoxy) is 3. The van der Waals surface area contributed by atoms with Gasteiger partial charge in [0.25, 0.3) is 0 Å². The van der Waals surface area contributed by atoms with Gasteiger partial charge in [0.05, 0.1) is 37.5 Å². The van der Waals surface area contributed by atoms with Gasteiger partial charge in [0.1, 0.15) is 12.9 Å². The highest BCUT2D eigenvalue weighted by Crippen LogP contribution is 2.45. The van der Waals surface area contributed by atoms with Gasteiger partial charge < -0.3 is 14.2 Å². The van der Waals surface area contributed by atoms with Gasteiger partial charge >= 0.3 is 0 Å². The molecule has 0 spiro atoms. The van der Waals surface area contributed by atoms with Gasteiger partial charge in [0.2, 0.25) is 5.69 Å². The molecule has 0 radical (unpaired) electrons. The fourth-order valence-electron chi connectivity index (χ4n) is 5.42. The Labute approximate surface area is 180 Å². The van der Waals surface area contributed by atoms with Crippen LogP contribution in [0.2, 0.25) is 0 Å². The lowest BCUT2D eigenvalue weighted by molar-refractivity contribution is -0.106. The first-order valence-electron chi connectivity index (χ1n) is 11.4. The van der Waals surface area contributed by atoms with Crippen LogP contribution in [-0.2, 0) is 14.2 Å². The maximum Gasteiger partial charge on any atom is 0.208 e. The van der Waals surface area contributed by atoms with Crippen LogP contribution in [-0.4, -0.2) is 32.2 Å². The Balaban J connectivity index is 1.24. The molecule has 1 aromatic rings. The van der Waals surface area contributed by atoms with Gasteiger partial charge in [-0.15, -0.1) is 0 Å². The van der Waals surface area contributed by atoms with Crippen LogP contribution in [0.25, 0.3) is 4.85 Å². The summed E-state index contributed by atoms with van der Waals surface area (Å²) in [6.45, 7) is 11.4. The third-order valence-electron chi connectivity index (χ3n) is 7.33. The van der Waals surface area contributed by atoms with Gasteiger partial charge in [-0.05, 0) is 87.2 Å². The van der Waals surface area contributed by atoms with Crippen molar-refractivity contribution in [2.24, 2.45) is 11.8 Å². The van der Waals surface area contributed by atoms with Crippen molar-refractivity contribution in [3.8, 4) is 6.07 Å². The van der Waals surface area contributed by atoms with Crippen molar-refractivity contribution >= 4 is 5.69 Å². The van der Waals surface area contributed by atoms with E-state index in [9.17, 15) is 5.26 Å². The molecule has 3 aliphatic rings. The molecule has 2 aliphatic carbocycles. The fourth-order valence-corrected chi connectivity index (χ4v) is 5.42. The number of hydrogen-bond acceptors (Lipinski definition) is 4. The summed E-state index contributed by atoms with van der Waals surface area (Å²) in [6, 6.07) is 6.35. The lowest BCUT2D eigenvalue weighted by Gasteiger charge is -2.38. The van der Waals surface area contributed by atoms with Gasteiger partial charge in [-0.3, -0.25) is 0 Å². The summed E-state index contributed by atoms with van der Waals surface area (Å²) >= 11 is 0. The molecule has 5 heteroatoms. The zero-order valence-electron chi connectivity index (χ0n) is 17.9. The van der Waals surface area contributed by atoms with Gasteiger partial charge in [-0.2, -0.15) is 5.26 Å². The molecule has 4 rings (SSSR count). The molecule has 1 atom stereocenters. The van der Waals surface area contributed by atoms with Crippen LogP contribution >= 0.6 is 0 Å². The predicted octanol–water partition coefficient (Wildman–Crippen LogP) is 5.64. The molecule has 1 heterocycles. The number of epoxide rings is 1. The second-order valence-corrected chi connectivity index (χ2v) is 9.18. The molecule has 3 fully saturated rings. The maximum atomic E-state index is 9.46. The van der Waals surface area contributed by atoms with Crippen LogP contribution in [0, 0.1) is 36.7 Å². The number of aryl methyl sites for hydroxylation is 1. The quantitative estimate of drug-likeness (QED) is 0.254. The van der Waals surface area contributed by atoms with Crippen molar-refractivity contribution in [2.75, 3.05) is 20.0 Å². The van der Waals surface area contributed by atoms with E-state index in [1.807, 2.05) is 13.0 Å². The second kappa shape index (κ2) is 9.92. The number of hydrogen-bond donors (Lipinski definition) is 0. The van der Waals surface area contributed by atoms with Crippen molar-refractivity contribution in [3.05, 3.63) is 40.2 Å². The molecule has 0 amide bonds. The van der Waals surface area contributed by atoms with Crippen molar-refractivity contribution in [2.45, 2.75) is 76.4 Å². The minimum atomic E-state index is 0.303. The number of benzene rings is 1. The van der Waals surface area contributed by atoms with Crippen LogP contribution in [0.5, 0.6) is 0 Å². The Morgan fingerprint density at radius 2 is 1.77 bits per heavy atom. The first-order valence-corrected chi connectivity index (χ1v) is 11.4. The van der Waals surface area contributed by atoms with Crippen LogP contribution in [0.15, 0.2) is 12.1 Å². The van der Waals surface area contributed by atoms with Crippen molar-refractivity contribution in [1.29, 1.82) is 5.26 Å². The van der Waals surface area contributed by atoms with E-state index in [-0.39, 0.29) is 0 Å². The average molecular weight is 409 g/mol. The minimum absolute atomic E-state index is 0.303. The zero-order valence-corrected chi connectivity index (χ0v) is 17.9. The standard InChI is InChI=1S/C25H32N2O3/c1-17-3-12-23(25(27-2)24(17)13-26)20-6-4-18(5-7-20)19-8-10-21(11-9-19)30-16-28-14-22-15-29-22/h3,12,18-22H,4-11,14-16H2,1H3. The molecule has 5 nitrogen and oxygen atoms in total. The van der Waals surface area contributed by atoms with Gasteiger partial charge in [-0.1, -0.05) is 12.1 Å².